The second-order valence-corrected chi connectivity index (χ2v) is 4.72. The third kappa shape index (κ3) is 2.51. The molecule has 0 bridgehead atoms. The van der Waals surface area contributed by atoms with E-state index in [9.17, 15) is 4.39 Å². The normalized spacial score (nSPS) is 10.7. The lowest BCUT2D eigenvalue weighted by Gasteiger charge is -2.13. The third-order valence-corrected chi connectivity index (χ3v) is 3.36. The Bertz CT molecular complexity index is 549. The van der Waals surface area contributed by atoms with Crippen molar-refractivity contribution in [2.45, 2.75) is 6.42 Å². The molecule has 2 rings (SSSR count). The van der Waals surface area contributed by atoms with Gasteiger partial charge in [0.15, 0.2) is 0 Å². The average Bonchev–Trinajstić information content (AvgIpc) is 2.32. The lowest BCUT2D eigenvalue weighted by atomic mass is 9.97. The van der Waals surface area contributed by atoms with Crippen LogP contribution < -0.4 is 5.73 Å². The van der Waals surface area contributed by atoms with E-state index in [4.69, 9.17) is 28.9 Å². The summed E-state index contributed by atoms with van der Waals surface area (Å²) in [6.07, 6.45) is 0.578. The van der Waals surface area contributed by atoms with E-state index in [-0.39, 0.29) is 5.82 Å². The van der Waals surface area contributed by atoms with Gasteiger partial charge in [0, 0.05) is 11.1 Å². The van der Waals surface area contributed by atoms with E-state index in [0.717, 1.165) is 5.56 Å². The molecule has 0 amide bonds. The number of rotatable bonds is 3. The van der Waals surface area contributed by atoms with Gasteiger partial charge in [-0.25, -0.2) is 4.39 Å². The first-order chi connectivity index (χ1) is 8.65. The van der Waals surface area contributed by atoms with Crippen molar-refractivity contribution in [3.8, 4) is 11.1 Å². The van der Waals surface area contributed by atoms with Gasteiger partial charge in [-0.1, -0.05) is 41.4 Å². The summed E-state index contributed by atoms with van der Waals surface area (Å²) in [5.41, 5.74) is 7.33. The zero-order valence-corrected chi connectivity index (χ0v) is 11.1. The van der Waals surface area contributed by atoms with Crippen molar-refractivity contribution in [2.75, 3.05) is 6.54 Å². The van der Waals surface area contributed by atoms with E-state index in [1.165, 1.54) is 6.07 Å². The number of nitrogens with two attached hydrogens (primary N) is 1. The van der Waals surface area contributed by atoms with Crippen LogP contribution in [0.1, 0.15) is 5.56 Å². The van der Waals surface area contributed by atoms with Crippen LogP contribution in [-0.4, -0.2) is 6.54 Å². The summed E-state index contributed by atoms with van der Waals surface area (Å²) in [5, 5.41) is 0.872. The monoisotopic (exact) mass is 283 g/mol. The van der Waals surface area contributed by atoms with Crippen LogP contribution in [0.15, 0.2) is 36.4 Å². The molecule has 18 heavy (non-hydrogen) atoms. The average molecular weight is 284 g/mol. The van der Waals surface area contributed by atoms with Gasteiger partial charge in [0.25, 0.3) is 0 Å². The molecule has 0 unspecified atom stereocenters. The van der Waals surface area contributed by atoms with Crippen LogP contribution in [0.25, 0.3) is 11.1 Å². The van der Waals surface area contributed by atoms with Crippen molar-refractivity contribution in [2.24, 2.45) is 5.73 Å². The first kappa shape index (κ1) is 13.3. The van der Waals surface area contributed by atoms with Gasteiger partial charge in [0.05, 0.1) is 10.0 Å². The highest BCUT2D eigenvalue weighted by molar-refractivity contribution is 6.39. The van der Waals surface area contributed by atoms with Gasteiger partial charge >= 0.3 is 0 Å². The summed E-state index contributed by atoms with van der Waals surface area (Å²) in [4.78, 5) is 0. The Morgan fingerprint density at radius 2 is 1.56 bits per heavy atom. The maximum absolute atomic E-state index is 14.1. The van der Waals surface area contributed by atoms with Gasteiger partial charge in [0.1, 0.15) is 5.82 Å². The molecule has 0 saturated carbocycles. The molecule has 0 aliphatic heterocycles. The number of hydrogen-bond acceptors (Lipinski definition) is 1. The van der Waals surface area contributed by atoms with Crippen molar-refractivity contribution in [3.05, 3.63) is 57.8 Å². The molecule has 0 radical (unpaired) electrons. The Morgan fingerprint density at radius 3 is 2.17 bits per heavy atom. The Labute approximate surface area is 115 Å². The number of hydrogen-bond donors (Lipinski definition) is 1. The molecule has 0 saturated heterocycles. The highest BCUT2D eigenvalue weighted by Crippen LogP contribution is 2.38. The fourth-order valence-electron chi connectivity index (χ4n) is 1.95. The second-order valence-electron chi connectivity index (χ2n) is 3.91. The van der Waals surface area contributed by atoms with Gasteiger partial charge in [-0.15, -0.1) is 0 Å². The predicted octanol–water partition coefficient (Wildman–Crippen LogP) is 4.30. The van der Waals surface area contributed by atoms with Gasteiger partial charge in [0.2, 0.25) is 0 Å². The van der Waals surface area contributed by atoms with Crippen molar-refractivity contribution in [3.63, 3.8) is 0 Å². The molecule has 0 aliphatic carbocycles. The molecule has 2 aromatic carbocycles. The Kier molecular flexibility index (Phi) is 4.23. The van der Waals surface area contributed by atoms with Crippen molar-refractivity contribution < 1.29 is 4.39 Å². The summed E-state index contributed by atoms with van der Waals surface area (Å²) in [7, 11) is 0. The molecule has 1 nitrogen and oxygen atoms in total. The number of benzene rings is 2. The van der Waals surface area contributed by atoms with Gasteiger partial charge in [-0.2, -0.15) is 0 Å². The third-order valence-electron chi connectivity index (χ3n) is 2.73. The molecule has 0 fully saturated rings. The van der Waals surface area contributed by atoms with Crippen molar-refractivity contribution in [1.29, 1.82) is 0 Å². The van der Waals surface area contributed by atoms with Crippen LogP contribution in [0.5, 0.6) is 0 Å². The van der Waals surface area contributed by atoms with Gasteiger partial charge in [-0.3, -0.25) is 0 Å². The molecule has 2 N–H and O–H groups in total. The van der Waals surface area contributed by atoms with Crippen LogP contribution in [0.2, 0.25) is 10.0 Å². The second kappa shape index (κ2) is 5.70. The Balaban J connectivity index is 2.70. The van der Waals surface area contributed by atoms with Crippen molar-refractivity contribution >= 4 is 23.2 Å². The van der Waals surface area contributed by atoms with E-state index in [0.29, 0.717) is 34.1 Å². The maximum atomic E-state index is 14.1. The van der Waals surface area contributed by atoms with Crippen LogP contribution >= 0.6 is 23.2 Å². The van der Waals surface area contributed by atoms with Crippen LogP contribution in [0, 0.1) is 5.82 Å². The van der Waals surface area contributed by atoms with Crippen LogP contribution in [0.4, 0.5) is 4.39 Å². The maximum Gasteiger partial charge on any atom is 0.131 e. The summed E-state index contributed by atoms with van der Waals surface area (Å²) < 4.78 is 14.1. The summed E-state index contributed by atoms with van der Waals surface area (Å²) in [6, 6.07) is 10.0. The lowest BCUT2D eigenvalue weighted by molar-refractivity contribution is 0.629. The quantitative estimate of drug-likeness (QED) is 0.893. The minimum absolute atomic E-state index is 0.337. The SMILES string of the molecule is NCCc1cccc(F)c1-c1c(Cl)cccc1Cl. The molecule has 0 aliphatic rings. The Morgan fingerprint density at radius 1 is 0.944 bits per heavy atom. The van der Waals surface area contributed by atoms with E-state index in [2.05, 4.69) is 0 Å². The molecular formula is C14H12Cl2FN. The predicted molar refractivity (Wildman–Crippen MR) is 74.6 cm³/mol. The molecule has 0 spiro atoms. The first-order valence-electron chi connectivity index (χ1n) is 5.57. The molecule has 0 aromatic heterocycles. The molecule has 2 aromatic rings. The smallest absolute Gasteiger partial charge is 0.131 e. The number of halogens is 3. The minimum Gasteiger partial charge on any atom is -0.330 e. The molecule has 4 heteroatoms. The standard InChI is InChI=1S/C14H12Cl2FN/c15-10-4-2-5-11(16)14(10)13-9(7-8-18)3-1-6-12(13)17/h1-6H,7-8,18H2. The molecule has 0 atom stereocenters. The van der Waals surface area contributed by atoms with Gasteiger partial charge < -0.3 is 5.73 Å². The highest BCUT2D eigenvalue weighted by Gasteiger charge is 2.16. The van der Waals surface area contributed by atoms with Crippen LogP contribution in [0.3, 0.4) is 0 Å². The van der Waals surface area contributed by atoms with Crippen LogP contribution in [-0.2, 0) is 6.42 Å². The molecular weight excluding hydrogens is 272 g/mol. The van der Waals surface area contributed by atoms with E-state index in [1.807, 2.05) is 6.07 Å². The molecule has 0 heterocycles. The fraction of sp³-hybridized carbons (Fsp3) is 0.143. The summed E-state index contributed by atoms with van der Waals surface area (Å²) in [6.45, 7) is 0.443. The van der Waals surface area contributed by atoms with E-state index >= 15 is 0 Å². The Hall–Kier alpha value is -1.09. The van der Waals surface area contributed by atoms with E-state index < -0.39 is 0 Å². The summed E-state index contributed by atoms with van der Waals surface area (Å²) >= 11 is 12.3. The zero-order chi connectivity index (χ0) is 13.1. The largest absolute Gasteiger partial charge is 0.330 e. The topological polar surface area (TPSA) is 26.0 Å². The molecule has 94 valence electrons. The van der Waals surface area contributed by atoms with Crippen molar-refractivity contribution in [1.82, 2.24) is 0 Å². The first-order valence-corrected chi connectivity index (χ1v) is 6.32. The highest BCUT2D eigenvalue weighted by atomic mass is 35.5. The zero-order valence-electron chi connectivity index (χ0n) is 9.59. The van der Waals surface area contributed by atoms with Gasteiger partial charge in [-0.05, 0) is 36.7 Å². The summed E-state index contributed by atoms with van der Waals surface area (Å²) in [5.74, 6) is -0.337. The lowest BCUT2D eigenvalue weighted by Crippen LogP contribution is -2.05. The minimum atomic E-state index is -0.337. The fourth-order valence-corrected chi connectivity index (χ4v) is 2.54. The van der Waals surface area contributed by atoms with E-state index in [1.54, 1.807) is 24.3 Å².